The number of anilines is 1. The second kappa shape index (κ2) is 6.96. The first-order valence-corrected chi connectivity index (χ1v) is 8.84. The van der Waals surface area contributed by atoms with E-state index in [1.54, 1.807) is 10.8 Å². The summed E-state index contributed by atoms with van der Waals surface area (Å²) in [5.41, 5.74) is 2.81. The molecule has 0 saturated heterocycles. The number of rotatable bonds is 5. The Balaban J connectivity index is 1.70. The lowest BCUT2D eigenvalue weighted by atomic mass is 10.1. The highest BCUT2D eigenvalue weighted by Gasteiger charge is 2.16. The predicted molar refractivity (Wildman–Crippen MR) is 104 cm³/mol. The third kappa shape index (κ3) is 2.92. The van der Waals surface area contributed by atoms with Gasteiger partial charge in [0.15, 0.2) is 0 Å². The molecule has 2 heterocycles. The fraction of sp³-hybridized carbons (Fsp3) is 0.190. The smallest absolute Gasteiger partial charge is 0.233 e. The van der Waals surface area contributed by atoms with Crippen LogP contribution in [0.1, 0.15) is 30.1 Å². The molecule has 0 amide bonds. The number of carbonyl (C=O) groups is 1. The maximum Gasteiger partial charge on any atom is 0.233 e. The van der Waals surface area contributed by atoms with Gasteiger partial charge in [-0.1, -0.05) is 37.3 Å². The molecule has 0 radical (unpaired) electrons. The van der Waals surface area contributed by atoms with Gasteiger partial charge in [-0.25, -0.2) is 9.55 Å². The van der Waals surface area contributed by atoms with E-state index in [0.717, 1.165) is 33.8 Å². The van der Waals surface area contributed by atoms with E-state index in [4.69, 9.17) is 0 Å². The summed E-state index contributed by atoms with van der Waals surface area (Å²) in [5.74, 6) is 0.654. The molecule has 0 bridgehead atoms. The Labute approximate surface area is 151 Å². The third-order valence-corrected chi connectivity index (χ3v) is 4.48. The second-order valence-corrected chi connectivity index (χ2v) is 6.27. The summed E-state index contributed by atoms with van der Waals surface area (Å²) in [4.78, 5) is 21.4. The standard InChI is InChI=1S/C21H20N4O/c1-2-6-20(26)25-19-10-4-3-9-18(19)24-21(25)23-14-16-8-5-7-15-13-22-12-11-17(15)16/h3-5,7-13H,2,6,14H2,1H3,(H,23,24). The second-order valence-electron chi connectivity index (χ2n) is 6.27. The first-order valence-electron chi connectivity index (χ1n) is 8.84. The van der Waals surface area contributed by atoms with Crippen LogP contribution in [0.15, 0.2) is 60.9 Å². The summed E-state index contributed by atoms with van der Waals surface area (Å²) in [6.45, 7) is 2.60. The maximum atomic E-state index is 12.6. The molecule has 0 aliphatic carbocycles. The number of fused-ring (bicyclic) bond motifs is 2. The summed E-state index contributed by atoms with van der Waals surface area (Å²) in [5, 5.41) is 5.61. The van der Waals surface area contributed by atoms with Gasteiger partial charge in [0, 0.05) is 30.7 Å². The monoisotopic (exact) mass is 344 g/mol. The van der Waals surface area contributed by atoms with Crippen LogP contribution in [0, 0.1) is 0 Å². The van der Waals surface area contributed by atoms with Gasteiger partial charge >= 0.3 is 0 Å². The van der Waals surface area contributed by atoms with Crippen molar-refractivity contribution in [3.05, 3.63) is 66.5 Å². The molecule has 2 aromatic carbocycles. The molecule has 1 N–H and O–H groups in total. The average molecular weight is 344 g/mol. The molecule has 130 valence electrons. The quantitative estimate of drug-likeness (QED) is 0.573. The minimum atomic E-state index is 0.0609. The molecule has 4 rings (SSSR count). The molecular formula is C21H20N4O. The number of imidazole rings is 1. The molecule has 4 aromatic rings. The number of nitrogens with zero attached hydrogens (tertiary/aromatic N) is 3. The summed E-state index contributed by atoms with van der Waals surface area (Å²) < 4.78 is 1.70. The lowest BCUT2D eigenvalue weighted by Gasteiger charge is -2.11. The van der Waals surface area contributed by atoms with E-state index in [1.165, 1.54) is 0 Å². The van der Waals surface area contributed by atoms with Crippen LogP contribution < -0.4 is 5.32 Å². The van der Waals surface area contributed by atoms with Crippen molar-refractivity contribution in [1.82, 2.24) is 14.5 Å². The van der Waals surface area contributed by atoms with Gasteiger partial charge in [-0.2, -0.15) is 0 Å². The zero-order chi connectivity index (χ0) is 17.9. The largest absolute Gasteiger partial charge is 0.351 e. The third-order valence-electron chi connectivity index (χ3n) is 4.48. The van der Waals surface area contributed by atoms with Crippen molar-refractivity contribution in [1.29, 1.82) is 0 Å². The fourth-order valence-electron chi connectivity index (χ4n) is 3.24. The highest BCUT2D eigenvalue weighted by molar-refractivity contribution is 5.94. The van der Waals surface area contributed by atoms with Gasteiger partial charge in [-0.05, 0) is 35.6 Å². The first kappa shape index (κ1) is 16.3. The molecule has 2 aromatic heterocycles. The molecule has 0 aliphatic rings. The summed E-state index contributed by atoms with van der Waals surface area (Å²) >= 11 is 0. The van der Waals surface area contributed by atoms with Gasteiger partial charge < -0.3 is 5.32 Å². The number of para-hydroxylation sites is 2. The maximum absolute atomic E-state index is 12.6. The number of carbonyl (C=O) groups excluding carboxylic acids is 1. The van der Waals surface area contributed by atoms with E-state index >= 15 is 0 Å². The number of hydrogen-bond acceptors (Lipinski definition) is 4. The molecule has 0 saturated carbocycles. The molecule has 0 atom stereocenters. The van der Waals surface area contributed by atoms with Gasteiger partial charge in [0.25, 0.3) is 0 Å². The Morgan fingerprint density at radius 1 is 1.12 bits per heavy atom. The lowest BCUT2D eigenvalue weighted by molar-refractivity contribution is 0.0909. The highest BCUT2D eigenvalue weighted by atomic mass is 16.2. The van der Waals surface area contributed by atoms with Crippen LogP contribution in [0.5, 0.6) is 0 Å². The van der Waals surface area contributed by atoms with Crippen LogP contribution in [-0.4, -0.2) is 20.4 Å². The fourth-order valence-corrected chi connectivity index (χ4v) is 3.24. The number of aromatic nitrogens is 3. The Morgan fingerprint density at radius 2 is 2.00 bits per heavy atom. The number of benzene rings is 2. The molecule has 0 unspecified atom stereocenters. The SMILES string of the molecule is CCCC(=O)n1c(NCc2cccc3cnccc23)nc2ccccc21. The zero-order valence-corrected chi connectivity index (χ0v) is 14.6. The van der Waals surface area contributed by atoms with Crippen LogP contribution in [0.25, 0.3) is 21.8 Å². The molecular weight excluding hydrogens is 324 g/mol. The first-order chi connectivity index (χ1) is 12.8. The van der Waals surface area contributed by atoms with Gasteiger partial charge in [0.2, 0.25) is 11.9 Å². The van der Waals surface area contributed by atoms with Gasteiger partial charge in [0.05, 0.1) is 11.0 Å². The van der Waals surface area contributed by atoms with Crippen molar-refractivity contribution in [3.8, 4) is 0 Å². The summed E-state index contributed by atoms with van der Waals surface area (Å²) in [7, 11) is 0. The number of pyridine rings is 1. The van der Waals surface area contributed by atoms with Gasteiger partial charge in [-0.3, -0.25) is 9.78 Å². The van der Waals surface area contributed by atoms with Crippen LogP contribution in [0.3, 0.4) is 0 Å². The van der Waals surface area contributed by atoms with E-state index in [2.05, 4.69) is 21.4 Å². The Kier molecular flexibility index (Phi) is 4.35. The van der Waals surface area contributed by atoms with Crippen LogP contribution in [0.2, 0.25) is 0 Å². The van der Waals surface area contributed by atoms with Crippen molar-refractivity contribution >= 4 is 33.7 Å². The topological polar surface area (TPSA) is 59.8 Å². The Hall–Kier alpha value is -3.21. The average Bonchev–Trinajstić information content (AvgIpc) is 3.05. The normalized spacial score (nSPS) is 11.1. The van der Waals surface area contributed by atoms with E-state index in [-0.39, 0.29) is 5.91 Å². The predicted octanol–water partition coefficient (Wildman–Crippen LogP) is 4.64. The molecule has 5 heteroatoms. The van der Waals surface area contributed by atoms with Crippen molar-refractivity contribution in [2.24, 2.45) is 0 Å². The highest BCUT2D eigenvalue weighted by Crippen LogP contribution is 2.23. The van der Waals surface area contributed by atoms with Crippen molar-refractivity contribution in [3.63, 3.8) is 0 Å². The van der Waals surface area contributed by atoms with Crippen LogP contribution in [0.4, 0.5) is 5.95 Å². The zero-order valence-electron chi connectivity index (χ0n) is 14.6. The minimum Gasteiger partial charge on any atom is -0.351 e. The van der Waals surface area contributed by atoms with Gasteiger partial charge in [-0.15, -0.1) is 0 Å². The van der Waals surface area contributed by atoms with Crippen molar-refractivity contribution in [2.75, 3.05) is 5.32 Å². The van der Waals surface area contributed by atoms with Crippen molar-refractivity contribution in [2.45, 2.75) is 26.3 Å². The Morgan fingerprint density at radius 3 is 2.88 bits per heavy atom. The number of nitrogens with one attached hydrogen (secondary N) is 1. The summed E-state index contributed by atoms with van der Waals surface area (Å²) in [6.07, 6.45) is 4.96. The number of hydrogen-bond donors (Lipinski definition) is 1. The van der Waals surface area contributed by atoms with Crippen molar-refractivity contribution < 1.29 is 4.79 Å². The van der Waals surface area contributed by atoms with Crippen LogP contribution in [-0.2, 0) is 6.54 Å². The van der Waals surface area contributed by atoms with E-state index in [9.17, 15) is 4.79 Å². The Bertz CT molecular complexity index is 1080. The van der Waals surface area contributed by atoms with E-state index in [0.29, 0.717) is 18.9 Å². The lowest BCUT2D eigenvalue weighted by Crippen LogP contribution is -2.14. The molecule has 0 fully saturated rings. The van der Waals surface area contributed by atoms with E-state index < -0.39 is 0 Å². The summed E-state index contributed by atoms with van der Waals surface area (Å²) in [6, 6.07) is 15.9. The molecule has 0 aliphatic heterocycles. The molecule has 5 nitrogen and oxygen atoms in total. The molecule has 0 spiro atoms. The minimum absolute atomic E-state index is 0.0609. The van der Waals surface area contributed by atoms with Crippen LogP contribution >= 0.6 is 0 Å². The van der Waals surface area contributed by atoms with E-state index in [1.807, 2.05) is 55.6 Å². The van der Waals surface area contributed by atoms with Gasteiger partial charge in [0.1, 0.15) is 0 Å². The molecule has 26 heavy (non-hydrogen) atoms.